The summed E-state index contributed by atoms with van der Waals surface area (Å²) in [6, 6.07) is 1.04. The molecule has 0 unspecified atom stereocenters. The Morgan fingerprint density at radius 3 is 2.67 bits per heavy atom. The van der Waals surface area contributed by atoms with Crippen molar-refractivity contribution < 1.29 is 18.3 Å². The highest BCUT2D eigenvalue weighted by Crippen LogP contribution is 2.31. The summed E-state index contributed by atoms with van der Waals surface area (Å²) in [6.07, 6.45) is -1.17. The van der Waals surface area contributed by atoms with Gasteiger partial charge in [0.05, 0.1) is 0 Å². The molecule has 0 spiro atoms. The number of alkyl halides is 3. The highest BCUT2D eigenvalue weighted by Gasteiger charge is 2.34. The number of aromatic nitrogens is 3. The Hall–Kier alpha value is -1.83. The molecule has 0 fully saturated rings. The average molecular weight is 302 g/mol. The van der Waals surface area contributed by atoms with E-state index in [4.69, 9.17) is 5.11 Å². The Labute approximate surface area is 120 Å². The second kappa shape index (κ2) is 5.88. The summed E-state index contributed by atoms with van der Waals surface area (Å²) in [5, 5.41) is 12.5. The SMILES string of the molecule is CC(C)N(CCCO)c1nccn2nc(C(F)(F)F)cc12. The number of nitrogens with zero attached hydrogens (tertiary/aromatic N) is 4. The van der Waals surface area contributed by atoms with Crippen LogP contribution >= 0.6 is 0 Å². The molecule has 0 saturated carbocycles. The fraction of sp³-hybridized carbons (Fsp3) is 0.538. The fourth-order valence-electron chi connectivity index (χ4n) is 2.12. The maximum atomic E-state index is 12.8. The normalized spacial score (nSPS) is 12.3. The van der Waals surface area contributed by atoms with E-state index in [9.17, 15) is 13.2 Å². The van der Waals surface area contributed by atoms with Crippen molar-refractivity contribution in [1.29, 1.82) is 0 Å². The monoisotopic (exact) mass is 302 g/mol. The van der Waals surface area contributed by atoms with E-state index in [1.807, 2.05) is 18.7 Å². The van der Waals surface area contributed by atoms with Crippen LogP contribution in [0, 0.1) is 0 Å². The minimum atomic E-state index is -4.49. The zero-order valence-electron chi connectivity index (χ0n) is 11.8. The van der Waals surface area contributed by atoms with Crippen molar-refractivity contribution in [3.05, 3.63) is 24.2 Å². The quantitative estimate of drug-likeness (QED) is 0.921. The van der Waals surface area contributed by atoms with Crippen molar-refractivity contribution in [2.75, 3.05) is 18.1 Å². The van der Waals surface area contributed by atoms with E-state index in [-0.39, 0.29) is 12.6 Å². The van der Waals surface area contributed by atoms with E-state index in [1.165, 1.54) is 16.9 Å². The van der Waals surface area contributed by atoms with Gasteiger partial charge < -0.3 is 10.0 Å². The van der Waals surface area contributed by atoms with Crippen LogP contribution in [0.1, 0.15) is 26.0 Å². The molecule has 5 nitrogen and oxygen atoms in total. The van der Waals surface area contributed by atoms with Crippen molar-refractivity contribution >= 4 is 11.3 Å². The lowest BCUT2D eigenvalue weighted by molar-refractivity contribution is -0.141. The minimum Gasteiger partial charge on any atom is -0.396 e. The molecule has 2 aromatic rings. The molecule has 0 aliphatic carbocycles. The number of aliphatic hydroxyl groups excluding tert-OH is 1. The van der Waals surface area contributed by atoms with E-state index >= 15 is 0 Å². The Morgan fingerprint density at radius 1 is 1.38 bits per heavy atom. The van der Waals surface area contributed by atoms with Crippen molar-refractivity contribution in [3.8, 4) is 0 Å². The number of rotatable bonds is 5. The van der Waals surface area contributed by atoms with Crippen LogP contribution in [0.25, 0.3) is 5.52 Å². The zero-order valence-corrected chi connectivity index (χ0v) is 11.8. The summed E-state index contributed by atoms with van der Waals surface area (Å²) < 4.78 is 39.5. The van der Waals surface area contributed by atoms with Crippen LogP contribution in [0.4, 0.5) is 19.0 Å². The molecular weight excluding hydrogens is 285 g/mol. The van der Waals surface area contributed by atoms with Gasteiger partial charge in [0.2, 0.25) is 0 Å². The van der Waals surface area contributed by atoms with Crippen LogP contribution in [0.5, 0.6) is 0 Å². The zero-order chi connectivity index (χ0) is 15.6. The van der Waals surface area contributed by atoms with Crippen molar-refractivity contribution in [2.24, 2.45) is 0 Å². The number of aliphatic hydroxyl groups is 1. The van der Waals surface area contributed by atoms with Crippen LogP contribution < -0.4 is 4.90 Å². The van der Waals surface area contributed by atoms with Gasteiger partial charge in [-0.2, -0.15) is 18.3 Å². The molecule has 2 rings (SSSR count). The summed E-state index contributed by atoms with van der Waals surface area (Å²) in [7, 11) is 0. The molecular formula is C13H17F3N4O. The predicted octanol–water partition coefficient (Wildman–Crippen LogP) is 2.35. The molecule has 0 bridgehead atoms. The number of fused-ring (bicyclic) bond motifs is 1. The third-order valence-corrected chi connectivity index (χ3v) is 3.11. The van der Waals surface area contributed by atoms with Gasteiger partial charge in [-0.1, -0.05) is 0 Å². The molecule has 0 saturated heterocycles. The molecule has 0 aliphatic heterocycles. The van der Waals surface area contributed by atoms with E-state index in [1.54, 1.807) is 0 Å². The van der Waals surface area contributed by atoms with Gasteiger partial charge in [0.1, 0.15) is 5.52 Å². The Balaban J connectivity index is 2.49. The first-order valence-corrected chi connectivity index (χ1v) is 6.63. The molecule has 0 atom stereocenters. The molecule has 1 N–H and O–H groups in total. The topological polar surface area (TPSA) is 53.7 Å². The first kappa shape index (κ1) is 15.6. The van der Waals surface area contributed by atoms with Gasteiger partial charge in [0.15, 0.2) is 11.5 Å². The van der Waals surface area contributed by atoms with Gasteiger partial charge >= 0.3 is 6.18 Å². The molecule has 0 aromatic carbocycles. The fourth-order valence-corrected chi connectivity index (χ4v) is 2.12. The van der Waals surface area contributed by atoms with E-state index in [0.29, 0.717) is 24.3 Å². The first-order chi connectivity index (χ1) is 9.84. The van der Waals surface area contributed by atoms with Crippen LogP contribution in [0.2, 0.25) is 0 Å². The molecule has 0 radical (unpaired) electrons. The van der Waals surface area contributed by atoms with Crippen molar-refractivity contribution in [2.45, 2.75) is 32.5 Å². The van der Waals surface area contributed by atoms with Gasteiger partial charge in [-0.15, -0.1) is 0 Å². The highest BCUT2D eigenvalue weighted by atomic mass is 19.4. The van der Waals surface area contributed by atoms with Gasteiger partial charge in [-0.3, -0.25) is 0 Å². The summed E-state index contributed by atoms with van der Waals surface area (Å²) >= 11 is 0. The maximum Gasteiger partial charge on any atom is 0.435 e. The van der Waals surface area contributed by atoms with Crippen molar-refractivity contribution in [1.82, 2.24) is 14.6 Å². The molecule has 2 heterocycles. The van der Waals surface area contributed by atoms with Gasteiger partial charge in [0.25, 0.3) is 0 Å². The summed E-state index contributed by atoms with van der Waals surface area (Å²) in [4.78, 5) is 6.05. The number of hydrogen-bond donors (Lipinski definition) is 1. The Bertz CT molecular complexity index is 609. The van der Waals surface area contributed by atoms with Crippen LogP contribution in [0.15, 0.2) is 18.5 Å². The molecule has 2 aromatic heterocycles. The van der Waals surface area contributed by atoms with Gasteiger partial charge in [-0.25, -0.2) is 9.50 Å². The summed E-state index contributed by atoms with van der Waals surface area (Å²) in [6.45, 7) is 4.36. The first-order valence-electron chi connectivity index (χ1n) is 6.63. The third kappa shape index (κ3) is 3.26. The third-order valence-electron chi connectivity index (χ3n) is 3.11. The lowest BCUT2D eigenvalue weighted by Gasteiger charge is -2.28. The summed E-state index contributed by atoms with van der Waals surface area (Å²) in [5.74, 6) is 0.434. The van der Waals surface area contributed by atoms with Gasteiger partial charge in [0, 0.05) is 37.7 Å². The lowest BCUT2D eigenvalue weighted by atomic mass is 10.2. The number of halogens is 3. The predicted molar refractivity (Wildman–Crippen MR) is 72.2 cm³/mol. The van der Waals surface area contributed by atoms with Crippen LogP contribution in [-0.4, -0.2) is 38.9 Å². The van der Waals surface area contributed by atoms with E-state index in [2.05, 4.69) is 10.1 Å². The number of anilines is 1. The minimum absolute atomic E-state index is 0.0133. The largest absolute Gasteiger partial charge is 0.435 e. The molecule has 21 heavy (non-hydrogen) atoms. The van der Waals surface area contributed by atoms with Gasteiger partial charge in [-0.05, 0) is 20.3 Å². The average Bonchev–Trinajstić information content (AvgIpc) is 2.83. The Morgan fingerprint density at radius 2 is 2.10 bits per heavy atom. The molecule has 0 aliphatic rings. The van der Waals surface area contributed by atoms with Crippen LogP contribution in [0.3, 0.4) is 0 Å². The number of hydrogen-bond acceptors (Lipinski definition) is 4. The smallest absolute Gasteiger partial charge is 0.396 e. The second-order valence-corrected chi connectivity index (χ2v) is 4.97. The van der Waals surface area contributed by atoms with E-state index in [0.717, 1.165) is 6.07 Å². The lowest BCUT2D eigenvalue weighted by Crippen LogP contribution is -2.33. The molecule has 0 amide bonds. The second-order valence-electron chi connectivity index (χ2n) is 4.97. The highest BCUT2D eigenvalue weighted by molar-refractivity contribution is 5.69. The molecule has 8 heteroatoms. The van der Waals surface area contributed by atoms with E-state index < -0.39 is 11.9 Å². The maximum absolute atomic E-state index is 12.8. The molecule has 116 valence electrons. The van der Waals surface area contributed by atoms with Crippen molar-refractivity contribution in [3.63, 3.8) is 0 Å². The standard InChI is InChI=1S/C13H17F3N4O/c1-9(2)19(5-3-7-21)12-10-8-11(13(14,15)16)18-20(10)6-4-17-12/h4,6,8-9,21H,3,5,7H2,1-2H3. The Kier molecular flexibility index (Phi) is 4.36. The van der Waals surface area contributed by atoms with Crippen LogP contribution in [-0.2, 0) is 6.18 Å². The summed E-state index contributed by atoms with van der Waals surface area (Å²) in [5.41, 5.74) is -0.640.